The zero-order valence-electron chi connectivity index (χ0n) is 15.3. The van der Waals surface area contributed by atoms with Gasteiger partial charge in [0.2, 0.25) is 5.91 Å². The zero-order chi connectivity index (χ0) is 18.4. The van der Waals surface area contributed by atoms with E-state index in [1.54, 1.807) is 0 Å². The van der Waals surface area contributed by atoms with E-state index in [1.807, 2.05) is 31.2 Å². The Labute approximate surface area is 158 Å². The van der Waals surface area contributed by atoms with Crippen LogP contribution in [-0.2, 0) is 9.53 Å². The second kappa shape index (κ2) is 9.19. The van der Waals surface area contributed by atoms with E-state index >= 15 is 0 Å². The van der Waals surface area contributed by atoms with Crippen molar-refractivity contribution in [1.82, 2.24) is 15.3 Å². The molecule has 0 radical (unpaired) electrons. The molecule has 140 valence electrons. The summed E-state index contributed by atoms with van der Waals surface area (Å²) in [6.07, 6.45) is 3.35. The molecule has 2 heterocycles. The molecule has 2 N–H and O–H groups in total. The minimum atomic E-state index is 0.00923. The van der Waals surface area contributed by atoms with Crippen LogP contribution < -0.4 is 10.6 Å². The number of rotatable bonds is 8. The predicted molar refractivity (Wildman–Crippen MR) is 106 cm³/mol. The number of carbonyl (C=O) groups excluding carboxylic acids is 1. The molecule has 3 rings (SSSR count). The number of carbonyl (C=O) groups is 1. The molecule has 0 spiro atoms. The summed E-state index contributed by atoms with van der Waals surface area (Å²) < 4.78 is 5.68. The van der Waals surface area contributed by atoms with Gasteiger partial charge in [0.1, 0.15) is 5.82 Å². The summed E-state index contributed by atoms with van der Waals surface area (Å²) >= 11 is 1.36. The molecule has 1 aliphatic heterocycles. The van der Waals surface area contributed by atoms with Crippen LogP contribution in [0, 0.1) is 0 Å². The highest BCUT2D eigenvalue weighted by Crippen LogP contribution is 2.25. The third-order valence-electron chi connectivity index (χ3n) is 4.46. The maximum atomic E-state index is 12.0. The van der Waals surface area contributed by atoms with Crippen LogP contribution in [0.2, 0.25) is 0 Å². The lowest BCUT2D eigenvalue weighted by Crippen LogP contribution is -2.33. The summed E-state index contributed by atoms with van der Waals surface area (Å²) in [4.78, 5) is 21.2. The average Bonchev–Trinajstić information content (AvgIpc) is 3.18. The summed E-state index contributed by atoms with van der Waals surface area (Å²) in [5.41, 5.74) is 0.877. The Balaban J connectivity index is 1.70. The van der Waals surface area contributed by atoms with Crippen LogP contribution in [-0.4, -0.2) is 46.9 Å². The lowest BCUT2D eigenvalue weighted by atomic mass is 10.2. The fourth-order valence-electron chi connectivity index (χ4n) is 2.82. The normalized spacial score (nSPS) is 18.0. The van der Waals surface area contributed by atoms with E-state index in [0.29, 0.717) is 10.9 Å². The summed E-state index contributed by atoms with van der Waals surface area (Å²) in [5, 5.41) is 7.97. The van der Waals surface area contributed by atoms with Gasteiger partial charge in [0.15, 0.2) is 5.16 Å². The van der Waals surface area contributed by atoms with Crippen LogP contribution in [0.1, 0.15) is 33.1 Å². The molecule has 1 aromatic heterocycles. The van der Waals surface area contributed by atoms with Crippen LogP contribution in [0.15, 0.2) is 29.4 Å². The molecule has 2 aromatic rings. The molecule has 1 fully saturated rings. The molecule has 0 bridgehead atoms. The number of aromatic nitrogens is 2. The SMILES string of the molecule is CC[C@@H](C)NC(=O)CSc1nc(NC[C@H]2CCCO2)c2ccccc2n1. The average molecular weight is 375 g/mol. The van der Waals surface area contributed by atoms with E-state index in [0.717, 1.165) is 49.1 Å². The number of nitrogens with one attached hydrogen (secondary N) is 2. The molecule has 1 aliphatic rings. The Morgan fingerprint density at radius 1 is 1.38 bits per heavy atom. The topological polar surface area (TPSA) is 76.1 Å². The van der Waals surface area contributed by atoms with E-state index in [9.17, 15) is 4.79 Å². The molecule has 1 amide bonds. The second-order valence-corrected chi connectivity index (χ2v) is 7.50. The van der Waals surface area contributed by atoms with Gasteiger partial charge in [0.05, 0.1) is 17.4 Å². The first-order valence-electron chi connectivity index (χ1n) is 9.20. The fraction of sp³-hybridized carbons (Fsp3) is 0.526. The summed E-state index contributed by atoms with van der Waals surface area (Å²) in [7, 11) is 0. The molecule has 7 heteroatoms. The summed E-state index contributed by atoms with van der Waals surface area (Å²) in [6.45, 7) is 5.63. The number of thioether (sulfide) groups is 1. The Bertz CT molecular complexity index is 749. The van der Waals surface area contributed by atoms with Gasteiger partial charge in [0.25, 0.3) is 0 Å². The number of ether oxygens (including phenoxy) is 1. The van der Waals surface area contributed by atoms with Gasteiger partial charge in [-0.3, -0.25) is 4.79 Å². The summed E-state index contributed by atoms with van der Waals surface area (Å²) in [6, 6.07) is 8.11. The third kappa shape index (κ3) is 5.08. The molecule has 1 saturated heterocycles. The number of benzene rings is 1. The van der Waals surface area contributed by atoms with Crippen molar-refractivity contribution in [3.8, 4) is 0 Å². The van der Waals surface area contributed by atoms with Crippen molar-refractivity contribution in [3.05, 3.63) is 24.3 Å². The van der Waals surface area contributed by atoms with Gasteiger partial charge in [-0.05, 0) is 38.3 Å². The van der Waals surface area contributed by atoms with E-state index in [-0.39, 0.29) is 18.1 Å². The van der Waals surface area contributed by atoms with E-state index in [1.165, 1.54) is 11.8 Å². The van der Waals surface area contributed by atoms with Crippen molar-refractivity contribution >= 4 is 34.4 Å². The van der Waals surface area contributed by atoms with Crippen molar-refractivity contribution in [2.75, 3.05) is 24.2 Å². The lowest BCUT2D eigenvalue weighted by molar-refractivity contribution is -0.119. The number of amides is 1. The fourth-order valence-corrected chi connectivity index (χ4v) is 3.48. The van der Waals surface area contributed by atoms with Gasteiger partial charge < -0.3 is 15.4 Å². The number of nitrogens with zero attached hydrogens (tertiary/aromatic N) is 2. The van der Waals surface area contributed by atoms with Crippen molar-refractivity contribution in [3.63, 3.8) is 0 Å². The quantitative estimate of drug-likeness (QED) is 0.546. The maximum Gasteiger partial charge on any atom is 0.230 e. The highest BCUT2D eigenvalue weighted by Gasteiger charge is 2.16. The predicted octanol–water partition coefficient (Wildman–Crippen LogP) is 3.23. The minimum Gasteiger partial charge on any atom is -0.376 e. The number of para-hydroxylation sites is 1. The van der Waals surface area contributed by atoms with Crippen LogP contribution in [0.25, 0.3) is 10.9 Å². The standard InChI is InChI=1S/C19H26N4O2S/c1-3-13(2)21-17(24)12-26-19-22-16-9-5-4-8-15(16)18(23-19)20-11-14-7-6-10-25-14/h4-5,8-9,13-14H,3,6-7,10-12H2,1-2H3,(H,21,24)(H,20,22,23)/t13-,14-/m1/s1. The molecular weight excluding hydrogens is 348 g/mol. The smallest absolute Gasteiger partial charge is 0.230 e. The number of anilines is 1. The largest absolute Gasteiger partial charge is 0.376 e. The van der Waals surface area contributed by atoms with Crippen molar-refractivity contribution < 1.29 is 9.53 Å². The van der Waals surface area contributed by atoms with Crippen LogP contribution in [0.5, 0.6) is 0 Å². The molecule has 0 aliphatic carbocycles. The van der Waals surface area contributed by atoms with Crippen molar-refractivity contribution in [2.24, 2.45) is 0 Å². The van der Waals surface area contributed by atoms with Gasteiger partial charge in [-0.15, -0.1) is 0 Å². The highest BCUT2D eigenvalue weighted by molar-refractivity contribution is 7.99. The van der Waals surface area contributed by atoms with Crippen LogP contribution in [0.3, 0.4) is 0 Å². The van der Waals surface area contributed by atoms with Crippen molar-refractivity contribution in [1.29, 1.82) is 0 Å². The van der Waals surface area contributed by atoms with Gasteiger partial charge in [0, 0.05) is 24.6 Å². The highest BCUT2D eigenvalue weighted by atomic mass is 32.2. The van der Waals surface area contributed by atoms with E-state index < -0.39 is 0 Å². The first-order chi connectivity index (χ1) is 12.7. The molecule has 6 nitrogen and oxygen atoms in total. The van der Waals surface area contributed by atoms with Gasteiger partial charge in [-0.1, -0.05) is 30.8 Å². The third-order valence-corrected chi connectivity index (χ3v) is 5.30. The first kappa shape index (κ1) is 18.9. The second-order valence-electron chi connectivity index (χ2n) is 6.55. The number of hydrogen-bond acceptors (Lipinski definition) is 6. The first-order valence-corrected chi connectivity index (χ1v) is 10.2. The zero-order valence-corrected chi connectivity index (χ0v) is 16.1. The number of fused-ring (bicyclic) bond motifs is 1. The maximum absolute atomic E-state index is 12.0. The van der Waals surface area contributed by atoms with Gasteiger partial charge >= 0.3 is 0 Å². The molecule has 0 unspecified atom stereocenters. The Hall–Kier alpha value is -1.86. The molecule has 2 atom stereocenters. The monoisotopic (exact) mass is 374 g/mol. The van der Waals surface area contributed by atoms with Gasteiger partial charge in [-0.2, -0.15) is 0 Å². The molecule has 1 aromatic carbocycles. The van der Waals surface area contributed by atoms with Gasteiger partial charge in [-0.25, -0.2) is 9.97 Å². The number of hydrogen-bond donors (Lipinski definition) is 2. The van der Waals surface area contributed by atoms with E-state index in [4.69, 9.17) is 4.74 Å². The Morgan fingerprint density at radius 3 is 3.00 bits per heavy atom. The van der Waals surface area contributed by atoms with Crippen LogP contribution >= 0.6 is 11.8 Å². The molecular formula is C19H26N4O2S. The van der Waals surface area contributed by atoms with Crippen molar-refractivity contribution in [2.45, 2.75) is 50.4 Å². The van der Waals surface area contributed by atoms with Crippen LogP contribution in [0.4, 0.5) is 5.82 Å². The molecule has 26 heavy (non-hydrogen) atoms. The lowest BCUT2D eigenvalue weighted by Gasteiger charge is -2.14. The minimum absolute atomic E-state index is 0.00923. The Kier molecular flexibility index (Phi) is 6.68. The Morgan fingerprint density at radius 2 is 2.23 bits per heavy atom. The molecule has 0 saturated carbocycles. The van der Waals surface area contributed by atoms with E-state index in [2.05, 4.69) is 27.5 Å². The summed E-state index contributed by atoms with van der Waals surface area (Å²) in [5.74, 6) is 1.12.